The minimum absolute atomic E-state index is 0.00912. The largest absolute Gasteiger partial charge is 0.481 e. The topological polar surface area (TPSA) is 84.2 Å². The Hall–Kier alpha value is -1.85. The van der Waals surface area contributed by atoms with E-state index < -0.39 is 11.5 Å². The monoisotopic (exact) mass is 335 g/mol. The average Bonchev–Trinajstić information content (AvgIpc) is 3.14. The van der Waals surface area contributed by atoms with Crippen molar-refractivity contribution in [2.24, 2.45) is 5.92 Å². The van der Waals surface area contributed by atoms with Crippen LogP contribution in [0.1, 0.15) is 82.9 Å². The lowest BCUT2D eigenvalue weighted by molar-refractivity contribution is -0.138. The first kappa shape index (κ1) is 18.5. The highest BCUT2D eigenvalue weighted by molar-refractivity contribution is 5.93. The summed E-state index contributed by atoms with van der Waals surface area (Å²) in [7, 11) is 0. The van der Waals surface area contributed by atoms with Gasteiger partial charge in [-0.05, 0) is 52.5 Å². The van der Waals surface area contributed by atoms with E-state index in [1.54, 1.807) is 6.92 Å². The second kappa shape index (κ2) is 6.22. The second-order valence-corrected chi connectivity index (χ2v) is 8.41. The van der Waals surface area contributed by atoms with Gasteiger partial charge in [-0.2, -0.15) is 5.10 Å². The van der Waals surface area contributed by atoms with E-state index in [0.717, 1.165) is 18.5 Å². The van der Waals surface area contributed by atoms with Crippen LogP contribution in [0.25, 0.3) is 0 Å². The molecule has 1 aromatic rings. The number of carbonyl (C=O) groups excluding carboxylic acids is 1. The van der Waals surface area contributed by atoms with E-state index in [1.165, 1.54) is 0 Å². The van der Waals surface area contributed by atoms with E-state index in [0.29, 0.717) is 11.6 Å². The molecule has 6 heteroatoms. The predicted molar refractivity (Wildman–Crippen MR) is 92.2 cm³/mol. The summed E-state index contributed by atoms with van der Waals surface area (Å²) in [6.07, 6.45) is 2.14. The van der Waals surface area contributed by atoms with Gasteiger partial charge in [-0.15, -0.1) is 0 Å². The Balaban J connectivity index is 2.28. The summed E-state index contributed by atoms with van der Waals surface area (Å²) in [5.74, 6) is -0.762. The maximum atomic E-state index is 12.7. The van der Waals surface area contributed by atoms with E-state index in [9.17, 15) is 9.59 Å². The van der Waals surface area contributed by atoms with Crippen molar-refractivity contribution in [3.8, 4) is 0 Å². The maximum absolute atomic E-state index is 12.7. The number of amides is 1. The van der Waals surface area contributed by atoms with Crippen molar-refractivity contribution >= 4 is 11.9 Å². The number of nitrogens with one attached hydrogen (secondary N) is 1. The number of carboxylic acid groups (broad SMARTS) is 1. The van der Waals surface area contributed by atoms with Crippen LogP contribution >= 0.6 is 0 Å². The molecule has 0 saturated heterocycles. The summed E-state index contributed by atoms with van der Waals surface area (Å²) >= 11 is 0. The number of hydrogen-bond acceptors (Lipinski definition) is 3. The summed E-state index contributed by atoms with van der Waals surface area (Å²) in [5.41, 5.74) is 0.453. The smallest absolute Gasteiger partial charge is 0.305 e. The van der Waals surface area contributed by atoms with Crippen molar-refractivity contribution in [3.05, 3.63) is 17.5 Å². The van der Waals surface area contributed by atoms with Crippen LogP contribution in [-0.2, 0) is 10.3 Å². The molecule has 0 spiro atoms. The summed E-state index contributed by atoms with van der Waals surface area (Å²) in [6.45, 7) is 11.8. The summed E-state index contributed by atoms with van der Waals surface area (Å²) < 4.78 is 1.93. The van der Waals surface area contributed by atoms with E-state index >= 15 is 0 Å². The highest BCUT2D eigenvalue weighted by atomic mass is 16.4. The molecular weight excluding hydrogens is 306 g/mol. The Labute approximate surface area is 143 Å². The van der Waals surface area contributed by atoms with Crippen molar-refractivity contribution in [1.29, 1.82) is 0 Å². The van der Waals surface area contributed by atoms with E-state index in [1.807, 2.05) is 24.6 Å². The van der Waals surface area contributed by atoms with Gasteiger partial charge in [0.1, 0.15) is 5.69 Å². The van der Waals surface area contributed by atoms with Crippen LogP contribution in [0.3, 0.4) is 0 Å². The van der Waals surface area contributed by atoms with Gasteiger partial charge in [-0.25, -0.2) is 0 Å². The van der Waals surface area contributed by atoms with Crippen LogP contribution < -0.4 is 5.32 Å². The van der Waals surface area contributed by atoms with Crippen molar-refractivity contribution in [1.82, 2.24) is 15.1 Å². The SMILES string of the molecule is CC(C)C(C)(CC(=O)O)NC(=O)c1cc(C2CC2)n(C(C)(C)C)n1. The first-order chi connectivity index (χ1) is 10.9. The minimum Gasteiger partial charge on any atom is -0.481 e. The van der Waals surface area contributed by atoms with Gasteiger partial charge < -0.3 is 10.4 Å². The number of aliphatic carboxylic acids is 1. The van der Waals surface area contributed by atoms with Crippen LogP contribution in [-0.4, -0.2) is 32.3 Å². The van der Waals surface area contributed by atoms with E-state index in [2.05, 4.69) is 31.2 Å². The van der Waals surface area contributed by atoms with Crippen molar-refractivity contribution < 1.29 is 14.7 Å². The van der Waals surface area contributed by atoms with E-state index in [4.69, 9.17) is 5.11 Å². The average molecular weight is 335 g/mol. The number of aromatic nitrogens is 2. The lowest BCUT2D eigenvalue weighted by atomic mass is 9.85. The number of rotatable bonds is 6. The Kier molecular flexibility index (Phi) is 4.79. The minimum atomic E-state index is -0.926. The molecule has 2 rings (SSSR count). The standard InChI is InChI=1S/C18H29N3O3/c1-11(2)18(6,10-15(22)23)19-16(24)13-9-14(12-7-8-12)21(20-13)17(3,4)5/h9,11-12H,7-8,10H2,1-6H3,(H,19,24)(H,22,23). The Bertz CT molecular complexity index is 638. The van der Waals surface area contributed by atoms with Gasteiger partial charge in [0, 0.05) is 11.6 Å². The fourth-order valence-corrected chi connectivity index (χ4v) is 2.74. The molecule has 1 aliphatic rings. The molecule has 1 atom stereocenters. The Morgan fingerprint density at radius 1 is 1.33 bits per heavy atom. The molecular formula is C18H29N3O3. The lowest BCUT2D eigenvalue weighted by Crippen LogP contribution is -2.51. The van der Waals surface area contributed by atoms with Crippen LogP contribution in [0.2, 0.25) is 0 Å². The molecule has 1 aromatic heterocycles. The van der Waals surface area contributed by atoms with Crippen LogP contribution in [0, 0.1) is 5.92 Å². The van der Waals surface area contributed by atoms with Gasteiger partial charge in [-0.1, -0.05) is 13.8 Å². The highest BCUT2D eigenvalue weighted by Gasteiger charge is 2.36. The molecule has 24 heavy (non-hydrogen) atoms. The molecule has 0 aromatic carbocycles. The lowest BCUT2D eigenvalue weighted by Gasteiger charge is -2.33. The Morgan fingerprint density at radius 3 is 2.33 bits per heavy atom. The third-order valence-corrected chi connectivity index (χ3v) is 4.79. The molecule has 1 unspecified atom stereocenters. The fourth-order valence-electron chi connectivity index (χ4n) is 2.74. The zero-order valence-electron chi connectivity index (χ0n) is 15.5. The summed E-state index contributed by atoms with van der Waals surface area (Å²) in [5, 5.41) is 16.6. The van der Waals surface area contributed by atoms with Crippen molar-refractivity contribution in [3.63, 3.8) is 0 Å². The normalized spacial score (nSPS) is 17.6. The molecule has 1 saturated carbocycles. The number of nitrogens with zero attached hydrogens (tertiary/aromatic N) is 2. The van der Waals surface area contributed by atoms with Gasteiger partial charge in [0.2, 0.25) is 0 Å². The number of hydrogen-bond donors (Lipinski definition) is 2. The molecule has 0 radical (unpaired) electrons. The molecule has 1 aliphatic carbocycles. The van der Waals surface area contributed by atoms with Crippen molar-refractivity contribution in [2.75, 3.05) is 0 Å². The predicted octanol–water partition coefficient (Wildman–Crippen LogP) is 3.13. The fraction of sp³-hybridized carbons (Fsp3) is 0.722. The first-order valence-corrected chi connectivity index (χ1v) is 8.59. The molecule has 0 aliphatic heterocycles. The van der Waals surface area contributed by atoms with Gasteiger partial charge >= 0.3 is 5.97 Å². The molecule has 1 heterocycles. The molecule has 1 amide bonds. The Morgan fingerprint density at radius 2 is 1.92 bits per heavy atom. The first-order valence-electron chi connectivity index (χ1n) is 8.59. The zero-order chi connectivity index (χ0) is 18.3. The van der Waals surface area contributed by atoms with Gasteiger partial charge in [0.15, 0.2) is 0 Å². The second-order valence-electron chi connectivity index (χ2n) is 8.41. The van der Waals surface area contributed by atoms with Gasteiger partial charge in [-0.3, -0.25) is 14.3 Å². The molecule has 6 nitrogen and oxygen atoms in total. The number of carboxylic acids is 1. The maximum Gasteiger partial charge on any atom is 0.305 e. The zero-order valence-corrected chi connectivity index (χ0v) is 15.5. The summed E-state index contributed by atoms with van der Waals surface area (Å²) in [6, 6.07) is 1.86. The molecule has 134 valence electrons. The van der Waals surface area contributed by atoms with Gasteiger partial charge in [0.25, 0.3) is 5.91 Å². The van der Waals surface area contributed by atoms with E-state index in [-0.39, 0.29) is 23.8 Å². The molecule has 1 fully saturated rings. The molecule has 2 N–H and O–H groups in total. The van der Waals surface area contributed by atoms with Crippen LogP contribution in [0.5, 0.6) is 0 Å². The van der Waals surface area contributed by atoms with Gasteiger partial charge in [0.05, 0.1) is 17.5 Å². The van der Waals surface area contributed by atoms with Crippen LogP contribution in [0.15, 0.2) is 6.07 Å². The van der Waals surface area contributed by atoms with Crippen molar-refractivity contribution in [2.45, 2.75) is 77.8 Å². The third-order valence-electron chi connectivity index (χ3n) is 4.79. The highest BCUT2D eigenvalue weighted by Crippen LogP contribution is 2.41. The number of carbonyl (C=O) groups is 2. The van der Waals surface area contributed by atoms with Crippen LogP contribution in [0.4, 0.5) is 0 Å². The third kappa shape index (κ3) is 3.97. The summed E-state index contributed by atoms with van der Waals surface area (Å²) in [4.78, 5) is 23.9. The molecule has 0 bridgehead atoms. The quantitative estimate of drug-likeness (QED) is 0.836.